The van der Waals surface area contributed by atoms with Crippen LogP contribution in [0.4, 0.5) is 11.5 Å². The van der Waals surface area contributed by atoms with E-state index in [0.29, 0.717) is 35.5 Å². The van der Waals surface area contributed by atoms with Gasteiger partial charge in [-0.2, -0.15) is 0 Å². The summed E-state index contributed by atoms with van der Waals surface area (Å²) in [6.45, 7) is 4.63. The normalized spacial score (nSPS) is 14.3. The molecule has 8 heteroatoms. The van der Waals surface area contributed by atoms with E-state index in [1.54, 1.807) is 18.2 Å². The Kier molecular flexibility index (Phi) is 5.35. The average Bonchev–Trinajstić information content (AvgIpc) is 2.65. The van der Waals surface area contributed by atoms with Gasteiger partial charge in [0.1, 0.15) is 23.6 Å². The third kappa shape index (κ3) is 4.00. The van der Waals surface area contributed by atoms with Crippen molar-refractivity contribution in [1.29, 1.82) is 0 Å². The standard InChI is InChI=1S/C17H19ClN4O3/c1-11-7-13(15(24-2)8-12(11)18)21-17(23)14-9-16(20-10-19-14)22-3-5-25-6-4-22/h7-10H,3-6H2,1-2H3,(H,21,23). The zero-order chi connectivity index (χ0) is 17.8. The number of carbonyl (C=O) groups is 1. The number of aromatic nitrogens is 2. The fourth-order valence-corrected chi connectivity index (χ4v) is 2.71. The number of hydrogen-bond donors (Lipinski definition) is 1. The van der Waals surface area contributed by atoms with Crippen LogP contribution in [0, 0.1) is 6.92 Å². The maximum absolute atomic E-state index is 12.6. The molecule has 25 heavy (non-hydrogen) atoms. The van der Waals surface area contributed by atoms with Crippen LogP contribution < -0.4 is 15.0 Å². The van der Waals surface area contributed by atoms with Gasteiger partial charge in [0.15, 0.2) is 0 Å². The van der Waals surface area contributed by atoms with E-state index in [1.165, 1.54) is 13.4 Å². The van der Waals surface area contributed by atoms with Gasteiger partial charge in [-0.1, -0.05) is 11.6 Å². The zero-order valence-corrected chi connectivity index (χ0v) is 14.8. The predicted molar refractivity (Wildman–Crippen MR) is 95.8 cm³/mol. The van der Waals surface area contributed by atoms with E-state index in [9.17, 15) is 4.79 Å². The average molecular weight is 363 g/mol. The summed E-state index contributed by atoms with van der Waals surface area (Å²) in [7, 11) is 1.53. The second-order valence-electron chi connectivity index (χ2n) is 5.62. The number of amides is 1. The SMILES string of the molecule is COc1cc(Cl)c(C)cc1NC(=O)c1cc(N2CCOCC2)ncn1. The predicted octanol–water partition coefficient (Wildman–Crippen LogP) is 2.54. The Hall–Kier alpha value is -2.38. The Morgan fingerprint density at radius 1 is 1.28 bits per heavy atom. The Balaban J connectivity index is 1.81. The molecule has 1 amide bonds. The number of halogens is 1. The molecule has 132 valence electrons. The number of morpholine rings is 1. The van der Waals surface area contributed by atoms with Crippen molar-refractivity contribution in [3.05, 3.63) is 40.8 Å². The number of nitrogens with one attached hydrogen (secondary N) is 1. The zero-order valence-electron chi connectivity index (χ0n) is 14.1. The third-order valence-electron chi connectivity index (χ3n) is 3.95. The van der Waals surface area contributed by atoms with Crippen molar-refractivity contribution in [3.8, 4) is 5.75 Å². The van der Waals surface area contributed by atoms with Gasteiger partial charge in [0.25, 0.3) is 5.91 Å². The Morgan fingerprint density at radius 3 is 2.76 bits per heavy atom. The highest BCUT2D eigenvalue weighted by Crippen LogP contribution is 2.31. The van der Waals surface area contributed by atoms with E-state index in [4.69, 9.17) is 21.1 Å². The minimum atomic E-state index is -0.336. The number of anilines is 2. The maximum Gasteiger partial charge on any atom is 0.274 e. The van der Waals surface area contributed by atoms with Gasteiger partial charge in [-0.15, -0.1) is 0 Å². The molecule has 1 N–H and O–H groups in total. The van der Waals surface area contributed by atoms with Crippen LogP contribution >= 0.6 is 11.6 Å². The molecule has 0 aliphatic carbocycles. The summed E-state index contributed by atoms with van der Waals surface area (Å²) in [6.07, 6.45) is 1.39. The molecule has 0 unspecified atom stereocenters. The largest absolute Gasteiger partial charge is 0.495 e. The number of hydrogen-bond acceptors (Lipinski definition) is 6. The molecule has 0 radical (unpaired) electrons. The summed E-state index contributed by atoms with van der Waals surface area (Å²) in [5.74, 6) is 0.867. The maximum atomic E-state index is 12.6. The number of ether oxygens (including phenoxy) is 2. The van der Waals surface area contributed by atoms with Gasteiger partial charge in [0, 0.05) is 30.2 Å². The number of benzene rings is 1. The first-order chi connectivity index (χ1) is 12.1. The third-order valence-corrected chi connectivity index (χ3v) is 4.36. The summed E-state index contributed by atoms with van der Waals surface area (Å²) >= 11 is 6.10. The molecule has 1 aromatic heterocycles. The highest BCUT2D eigenvalue weighted by molar-refractivity contribution is 6.31. The van der Waals surface area contributed by atoms with Crippen LogP contribution in [0.1, 0.15) is 16.1 Å². The fraction of sp³-hybridized carbons (Fsp3) is 0.353. The van der Waals surface area contributed by atoms with E-state index >= 15 is 0 Å². The Morgan fingerprint density at radius 2 is 2.04 bits per heavy atom. The molecule has 7 nitrogen and oxygen atoms in total. The van der Waals surface area contributed by atoms with Gasteiger partial charge in [0.05, 0.1) is 26.0 Å². The number of nitrogens with zero attached hydrogens (tertiary/aromatic N) is 3. The number of methoxy groups -OCH3 is 1. The molecule has 0 spiro atoms. The molecule has 1 aliphatic heterocycles. The smallest absolute Gasteiger partial charge is 0.274 e. The van der Waals surface area contributed by atoms with E-state index < -0.39 is 0 Å². The van der Waals surface area contributed by atoms with Crippen LogP contribution in [-0.4, -0.2) is 49.3 Å². The lowest BCUT2D eigenvalue weighted by Gasteiger charge is -2.27. The van der Waals surface area contributed by atoms with E-state index in [-0.39, 0.29) is 11.6 Å². The first-order valence-corrected chi connectivity index (χ1v) is 8.26. The van der Waals surface area contributed by atoms with E-state index in [2.05, 4.69) is 20.2 Å². The quantitative estimate of drug-likeness (QED) is 0.900. The van der Waals surface area contributed by atoms with Crippen LogP contribution in [0.25, 0.3) is 0 Å². The molecular formula is C17H19ClN4O3. The van der Waals surface area contributed by atoms with Crippen LogP contribution in [0.3, 0.4) is 0 Å². The van der Waals surface area contributed by atoms with Gasteiger partial charge in [0.2, 0.25) is 0 Å². The highest BCUT2D eigenvalue weighted by atomic mass is 35.5. The van der Waals surface area contributed by atoms with Crippen molar-refractivity contribution >= 4 is 29.0 Å². The highest BCUT2D eigenvalue weighted by Gasteiger charge is 2.17. The molecule has 3 rings (SSSR count). The van der Waals surface area contributed by atoms with Crippen molar-refractivity contribution in [2.75, 3.05) is 43.6 Å². The monoisotopic (exact) mass is 362 g/mol. The van der Waals surface area contributed by atoms with Crippen molar-refractivity contribution in [2.24, 2.45) is 0 Å². The molecular weight excluding hydrogens is 344 g/mol. The number of carbonyl (C=O) groups excluding carboxylic acids is 1. The lowest BCUT2D eigenvalue weighted by atomic mass is 10.2. The van der Waals surface area contributed by atoms with Gasteiger partial charge in [-0.3, -0.25) is 4.79 Å². The van der Waals surface area contributed by atoms with E-state index in [1.807, 2.05) is 6.92 Å². The fourth-order valence-electron chi connectivity index (χ4n) is 2.55. The molecule has 1 aliphatic rings. The lowest BCUT2D eigenvalue weighted by Crippen LogP contribution is -2.37. The Labute approximate surface area is 150 Å². The molecule has 0 atom stereocenters. The summed E-state index contributed by atoms with van der Waals surface area (Å²) < 4.78 is 10.6. The van der Waals surface area contributed by atoms with Gasteiger partial charge in [-0.25, -0.2) is 9.97 Å². The first kappa shape index (κ1) is 17.4. The van der Waals surface area contributed by atoms with Crippen LogP contribution in [-0.2, 0) is 4.74 Å². The molecule has 1 fully saturated rings. The van der Waals surface area contributed by atoms with Gasteiger partial charge >= 0.3 is 0 Å². The molecule has 1 saturated heterocycles. The lowest BCUT2D eigenvalue weighted by molar-refractivity contribution is 0.102. The summed E-state index contributed by atoms with van der Waals surface area (Å²) in [4.78, 5) is 23.0. The second-order valence-corrected chi connectivity index (χ2v) is 6.02. The van der Waals surface area contributed by atoms with Crippen LogP contribution in [0.2, 0.25) is 5.02 Å². The number of aryl methyl sites for hydroxylation is 1. The molecule has 2 aromatic rings. The van der Waals surface area contributed by atoms with Crippen molar-refractivity contribution in [1.82, 2.24) is 9.97 Å². The van der Waals surface area contributed by atoms with Crippen molar-refractivity contribution in [3.63, 3.8) is 0 Å². The topological polar surface area (TPSA) is 76.6 Å². The number of rotatable bonds is 4. The molecule has 1 aromatic carbocycles. The van der Waals surface area contributed by atoms with E-state index in [0.717, 1.165) is 18.7 Å². The summed E-state index contributed by atoms with van der Waals surface area (Å²) in [5.41, 5.74) is 1.67. The second kappa shape index (κ2) is 7.67. The summed E-state index contributed by atoms with van der Waals surface area (Å²) in [5, 5.41) is 3.40. The van der Waals surface area contributed by atoms with Gasteiger partial charge in [-0.05, 0) is 18.6 Å². The van der Waals surface area contributed by atoms with Crippen LogP contribution in [0.5, 0.6) is 5.75 Å². The molecule has 0 bridgehead atoms. The van der Waals surface area contributed by atoms with Crippen LogP contribution in [0.15, 0.2) is 24.5 Å². The molecule has 2 heterocycles. The van der Waals surface area contributed by atoms with Crippen molar-refractivity contribution < 1.29 is 14.3 Å². The minimum absolute atomic E-state index is 0.283. The minimum Gasteiger partial charge on any atom is -0.495 e. The first-order valence-electron chi connectivity index (χ1n) is 7.88. The Bertz CT molecular complexity index is 778. The molecule has 0 saturated carbocycles. The summed E-state index contributed by atoms with van der Waals surface area (Å²) in [6, 6.07) is 5.12. The van der Waals surface area contributed by atoms with Gasteiger partial charge < -0.3 is 19.7 Å². The van der Waals surface area contributed by atoms with Crippen molar-refractivity contribution in [2.45, 2.75) is 6.92 Å².